The fraction of sp³-hybridized carbons (Fsp3) is 0.263. The molecule has 2 heterocycles. The molecule has 0 fully saturated rings. The summed E-state index contributed by atoms with van der Waals surface area (Å²) in [4.78, 5) is 3.35. The van der Waals surface area contributed by atoms with Crippen molar-refractivity contribution in [2.24, 2.45) is 0 Å². The van der Waals surface area contributed by atoms with E-state index in [9.17, 15) is 0 Å². The second kappa shape index (κ2) is 6.38. The van der Waals surface area contributed by atoms with Crippen LogP contribution in [-0.4, -0.2) is 25.4 Å². The highest BCUT2D eigenvalue weighted by Gasteiger charge is 2.22. The number of nitrogens with one attached hydrogen (secondary N) is 2. The van der Waals surface area contributed by atoms with E-state index in [1.54, 1.807) is 0 Å². The minimum Gasteiger partial charge on any atom is -0.454 e. The van der Waals surface area contributed by atoms with E-state index in [4.69, 9.17) is 21.1 Å². The topological polar surface area (TPSA) is 46.3 Å². The highest BCUT2D eigenvalue weighted by Crippen LogP contribution is 2.40. The predicted molar refractivity (Wildman–Crippen MR) is 96.3 cm³/mol. The summed E-state index contributed by atoms with van der Waals surface area (Å²) in [5.74, 6) is 1.84. The van der Waals surface area contributed by atoms with E-state index in [0.29, 0.717) is 6.79 Å². The summed E-state index contributed by atoms with van der Waals surface area (Å²) in [5.41, 5.74) is 3.48. The minimum atomic E-state index is 0.223. The lowest BCUT2D eigenvalue weighted by atomic mass is 9.88. The molecule has 0 spiro atoms. The van der Waals surface area contributed by atoms with Crippen molar-refractivity contribution < 1.29 is 9.47 Å². The van der Waals surface area contributed by atoms with Crippen molar-refractivity contribution in [2.75, 3.05) is 20.4 Å². The maximum absolute atomic E-state index is 6.48. The molecule has 24 heavy (non-hydrogen) atoms. The number of hydrogen-bond acceptors (Lipinski definition) is 3. The molecule has 0 radical (unpaired) electrons. The van der Waals surface area contributed by atoms with Crippen molar-refractivity contribution in [2.45, 2.75) is 12.3 Å². The van der Waals surface area contributed by atoms with Crippen LogP contribution in [0.15, 0.2) is 42.6 Å². The van der Waals surface area contributed by atoms with Gasteiger partial charge in [0.05, 0.1) is 5.02 Å². The molecule has 0 amide bonds. The summed E-state index contributed by atoms with van der Waals surface area (Å²) in [6.45, 7) is 1.20. The molecule has 3 aromatic rings. The largest absolute Gasteiger partial charge is 0.454 e. The Kier molecular flexibility index (Phi) is 4.08. The average molecular weight is 343 g/mol. The third-order valence-electron chi connectivity index (χ3n) is 4.54. The molecule has 1 aliphatic heterocycles. The first-order valence-corrected chi connectivity index (χ1v) is 8.45. The number of halogens is 1. The summed E-state index contributed by atoms with van der Waals surface area (Å²) in [6, 6.07) is 12.1. The highest BCUT2D eigenvalue weighted by molar-refractivity contribution is 6.35. The lowest BCUT2D eigenvalue weighted by Crippen LogP contribution is -2.13. The molecule has 1 aliphatic rings. The Bertz CT molecular complexity index is 875. The third kappa shape index (κ3) is 2.62. The monoisotopic (exact) mass is 342 g/mol. The fourth-order valence-corrected chi connectivity index (χ4v) is 3.64. The van der Waals surface area contributed by atoms with Gasteiger partial charge in [-0.1, -0.05) is 23.7 Å². The first-order chi connectivity index (χ1) is 11.8. The smallest absolute Gasteiger partial charge is 0.231 e. The molecular formula is C19H19ClN2O2. The van der Waals surface area contributed by atoms with Crippen molar-refractivity contribution in [1.29, 1.82) is 0 Å². The molecule has 0 aliphatic carbocycles. The third-order valence-corrected chi connectivity index (χ3v) is 4.86. The Morgan fingerprint density at radius 1 is 1.21 bits per heavy atom. The molecule has 0 bridgehead atoms. The molecular weight excluding hydrogens is 324 g/mol. The Morgan fingerprint density at radius 3 is 2.96 bits per heavy atom. The van der Waals surface area contributed by atoms with Crippen molar-refractivity contribution in [3.8, 4) is 11.5 Å². The predicted octanol–water partition coefficient (Wildman–Crippen LogP) is 4.29. The number of hydrogen-bond donors (Lipinski definition) is 2. The molecule has 1 unspecified atom stereocenters. The van der Waals surface area contributed by atoms with E-state index in [1.807, 2.05) is 25.2 Å². The SMILES string of the molecule is CNCCC(c1ccc2c(c1)OCO2)c1c[nH]c2cccc(Cl)c12. The van der Waals surface area contributed by atoms with Crippen LogP contribution < -0.4 is 14.8 Å². The summed E-state index contributed by atoms with van der Waals surface area (Å²) < 4.78 is 11.0. The van der Waals surface area contributed by atoms with Crippen LogP contribution in [0.1, 0.15) is 23.5 Å². The quantitative estimate of drug-likeness (QED) is 0.727. The van der Waals surface area contributed by atoms with Gasteiger partial charge in [-0.3, -0.25) is 0 Å². The number of fused-ring (bicyclic) bond motifs is 2. The number of aromatic nitrogens is 1. The number of H-pyrrole nitrogens is 1. The van der Waals surface area contributed by atoms with Gasteiger partial charge in [0.15, 0.2) is 11.5 Å². The van der Waals surface area contributed by atoms with Crippen LogP contribution in [-0.2, 0) is 0 Å². The van der Waals surface area contributed by atoms with Crippen LogP contribution in [0.3, 0.4) is 0 Å². The summed E-state index contributed by atoms with van der Waals surface area (Å²) in [7, 11) is 1.97. The zero-order valence-corrected chi connectivity index (χ0v) is 14.2. The first kappa shape index (κ1) is 15.4. The molecule has 124 valence electrons. The van der Waals surface area contributed by atoms with Crippen LogP contribution in [0.2, 0.25) is 5.02 Å². The van der Waals surface area contributed by atoms with Gasteiger partial charge < -0.3 is 19.8 Å². The van der Waals surface area contributed by atoms with Gasteiger partial charge in [-0.25, -0.2) is 0 Å². The lowest BCUT2D eigenvalue weighted by molar-refractivity contribution is 0.174. The Hall–Kier alpha value is -2.17. The van der Waals surface area contributed by atoms with Crippen molar-refractivity contribution in [1.82, 2.24) is 10.3 Å². The van der Waals surface area contributed by atoms with Crippen molar-refractivity contribution in [3.05, 3.63) is 58.7 Å². The van der Waals surface area contributed by atoms with Gasteiger partial charge in [-0.05, 0) is 55.4 Å². The molecule has 2 N–H and O–H groups in total. The van der Waals surface area contributed by atoms with Crippen molar-refractivity contribution >= 4 is 22.5 Å². The maximum atomic E-state index is 6.48. The van der Waals surface area contributed by atoms with E-state index in [2.05, 4.69) is 34.7 Å². The highest BCUT2D eigenvalue weighted by atomic mass is 35.5. The number of benzene rings is 2. The second-order valence-corrected chi connectivity index (χ2v) is 6.37. The summed E-state index contributed by atoms with van der Waals surface area (Å²) in [6.07, 6.45) is 3.04. The zero-order chi connectivity index (χ0) is 16.5. The van der Waals surface area contributed by atoms with Gasteiger partial charge in [-0.15, -0.1) is 0 Å². The van der Waals surface area contributed by atoms with Crippen molar-refractivity contribution in [3.63, 3.8) is 0 Å². The Balaban J connectivity index is 1.81. The summed E-state index contributed by atoms with van der Waals surface area (Å²) in [5, 5.41) is 5.12. The van der Waals surface area contributed by atoms with Gasteiger partial charge in [0, 0.05) is 23.0 Å². The van der Waals surface area contributed by atoms with E-state index in [0.717, 1.165) is 40.4 Å². The molecule has 0 saturated carbocycles. The van der Waals surface area contributed by atoms with Crippen LogP contribution in [0, 0.1) is 0 Å². The van der Waals surface area contributed by atoms with E-state index >= 15 is 0 Å². The summed E-state index contributed by atoms with van der Waals surface area (Å²) >= 11 is 6.48. The minimum absolute atomic E-state index is 0.223. The molecule has 4 rings (SSSR count). The van der Waals surface area contributed by atoms with Crippen LogP contribution in [0.25, 0.3) is 10.9 Å². The number of rotatable bonds is 5. The first-order valence-electron chi connectivity index (χ1n) is 8.07. The van der Waals surface area contributed by atoms with Gasteiger partial charge >= 0.3 is 0 Å². The van der Waals surface area contributed by atoms with Gasteiger partial charge in [-0.2, -0.15) is 0 Å². The van der Waals surface area contributed by atoms with E-state index < -0.39 is 0 Å². The number of aromatic amines is 1. The molecule has 4 nitrogen and oxygen atoms in total. The number of ether oxygens (including phenoxy) is 2. The Morgan fingerprint density at radius 2 is 2.08 bits per heavy atom. The fourth-order valence-electron chi connectivity index (χ4n) is 3.36. The molecule has 5 heteroatoms. The van der Waals surface area contributed by atoms with Crippen LogP contribution in [0.5, 0.6) is 11.5 Å². The van der Waals surface area contributed by atoms with Gasteiger partial charge in [0.2, 0.25) is 6.79 Å². The van der Waals surface area contributed by atoms with Crippen LogP contribution >= 0.6 is 11.6 Å². The standard InChI is InChI=1S/C19H19ClN2O2/c1-21-8-7-13(12-5-6-17-18(9-12)24-11-23-17)14-10-22-16-4-2-3-15(20)19(14)16/h2-6,9-10,13,21-22H,7-8,11H2,1H3. The molecule has 0 saturated heterocycles. The second-order valence-electron chi connectivity index (χ2n) is 5.96. The van der Waals surface area contributed by atoms with Gasteiger partial charge in [0.1, 0.15) is 0 Å². The lowest BCUT2D eigenvalue weighted by Gasteiger charge is -2.18. The average Bonchev–Trinajstić information content (AvgIpc) is 3.22. The molecule has 1 aromatic heterocycles. The van der Waals surface area contributed by atoms with E-state index in [-0.39, 0.29) is 5.92 Å². The maximum Gasteiger partial charge on any atom is 0.231 e. The zero-order valence-electron chi connectivity index (χ0n) is 13.4. The normalized spacial score (nSPS) is 14.2. The molecule has 1 atom stereocenters. The molecule has 2 aromatic carbocycles. The van der Waals surface area contributed by atoms with Gasteiger partial charge in [0.25, 0.3) is 0 Å². The van der Waals surface area contributed by atoms with Crippen LogP contribution in [0.4, 0.5) is 0 Å². The van der Waals surface area contributed by atoms with E-state index in [1.165, 1.54) is 11.1 Å². The Labute approximate surface area is 145 Å².